The van der Waals surface area contributed by atoms with Crippen molar-refractivity contribution >= 4 is 17.7 Å². The monoisotopic (exact) mass is 291 g/mol. The normalized spacial score (nSPS) is 10.8. The highest BCUT2D eigenvalue weighted by Crippen LogP contribution is 2.21. The molecule has 0 aliphatic carbocycles. The Morgan fingerprint density at radius 1 is 1.35 bits per heavy atom. The fraction of sp³-hybridized carbons (Fsp3) is 0.231. The largest absolute Gasteiger partial charge is 0.478 e. The van der Waals surface area contributed by atoms with Crippen LogP contribution in [0.3, 0.4) is 0 Å². The minimum absolute atomic E-state index is 0.0483. The van der Waals surface area contributed by atoms with E-state index in [1.807, 2.05) is 13.8 Å². The van der Waals surface area contributed by atoms with Crippen LogP contribution in [0.15, 0.2) is 45.6 Å². The SMILES string of the molecule is CC(C)n1ccnc(Sc2ccc(C(=O)O)cn2)c1=O. The van der Waals surface area contributed by atoms with E-state index in [2.05, 4.69) is 9.97 Å². The number of carboxylic acids is 1. The quantitative estimate of drug-likeness (QED) is 0.928. The van der Waals surface area contributed by atoms with Crippen LogP contribution < -0.4 is 5.56 Å². The summed E-state index contributed by atoms with van der Waals surface area (Å²) >= 11 is 1.12. The van der Waals surface area contributed by atoms with Gasteiger partial charge < -0.3 is 9.67 Å². The average molecular weight is 291 g/mol. The third kappa shape index (κ3) is 3.05. The summed E-state index contributed by atoms with van der Waals surface area (Å²) in [5.74, 6) is -1.03. The summed E-state index contributed by atoms with van der Waals surface area (Å²) in [6.07, 6.45) is 4.46. The van der Waals surface area contributed by atoms with Gasteiger partial charge in [0.2, 0.25) is 0 Å². The van der Waals surface area contributed by atoms with E-state index >= 15 is 0 Å². The number of hydrogen-bond acceptors (Lipinski definition) is 5. The van der Waals surface area contributed by atoms with Crippen LogP contribution in [0.1, 0.15) is 30.2 Å². The second-order valence-corrected chi connectivity index (χ2v) is 5.34. The van der Waals surface area contributed by atoms with E-state index in [9.17, 15) is 9.59 Å². The van der Waals surface area contributed by atoms with Gasteiger partial charge in [-0.2, -0.15) is 0 Å². The Hall–Kier alpha value is -2.15. The second-order valence-electron chi connectivity index (χ2n) is 4.33. The summed E-state index contributed by atoms with van der Waals surface area (Å²) < 4.78 is 1.58. The summed E-state index contributed by atoms with van der Waals surface area (Å²) in [5.41, 5.74) is -0.0772. The lowest BCUT2D eigenvalue weighted by atomic mass is 10.3. The van der Waals surface area contributed by atoms with Crippen LogP contribution in [0.25, 0.3) is 0 Å². The van der Waals surface area contributed by atoms with Gasteiger partial charge in [0.05, 0.1) is 5.56 Å². The number of aromatic carboxylic acids is 1. The molecule has 20 heavy (non-hydrogen) atoms. The fourth-order valence-corrected chi connectivity index (χ4v) is 2.29. The molecule has 0 aliphatic heterocycles. The first kappa shape index (κ1) is 14.3. The fourth-order valence-electron chi connectivity index (χ4n) is 1.55. The molecule has 1 N–H and O–H groups in total. The van der Waals surface area contributed by atoms with Crippen molar-refractivity contribution in [1.29, 1.82) is 0 Å². The first-order chi connectivity index (χ1) is 9.49. The van der Waals surface area contributed by atoms with Gasteiger partial charge in [-0.15, -0.1) is 0 Å². The third-order valence-corrected chi connectivity index (χ3v) is 3.50. The highest BCUT2D eigenvalue weighted by atomic mass is 32.2. The number of rotatable bonds is 4. The number of hydrogen-bond donors (Lipinski definition) is 1. The van der Waals surface area contributed by atoms with Gasteiger partial charge in [0.15, 0.2) is 5.03 Å². The number of carboxylic acid groups (broad SMARTS) is 1. The van der Waals surface area contributed by atoms with Gasteiger partial charge in [-0.1, -0.05) is 0 Å². The van der Waals surface area contributed by atoms with Gasteiger partial charge in [0.25, 0.3) is 5.56 Å². The molecule has 104 valence electrons. The summed E-state index contributed by atoms with van der Waals surface area (Å²) in [4.78, 5) is 30.9. The average Bonchev–Trinajstić information content (AvgIpc) is 2.41. The van der Waals surface area contributed by atoms with Crippen LogP contribution in [0, 0.1) is 0 Å². The van der Waals surface area contributed by atoms with Gasteiger partial charge in [0, 0.05) is 24.6 Å². The first-order valence-electron chi connectivity index (χ1n) is 5.93. The van der Waals surface area contributed by atoms with Gasteiger partial charge in [0.1, 0.15) is 5.03 Å². The van der Waals surface area contributed by atoms with Crippen molar-refractivity contribution in [3.05, 3.63) is 46.6 Å². The number of nitrogens with zero attached hydrogens (tertiary/aromatic N) is 3. The van der Waals surface area contributed by atoms with E-state index in [1.54, 1.807) is 23.0 Å². The first-order valence-corrected chi connectivity index (χ1v) is 6.75. The molecule has 6 nitrogen and oxygen atoms in total. The summed E-state index contributed by atoms with van der Waals surface area (Å²) in [7, 11) is 0. The topological polar surface area (TPSA) is 85.1 Å². The molecule has 7 heteroatoms. The maximum absolute atomic E-state index is 12.1. The van der Waals surface area contributed by atoms with Crippen molar-refractivity contribution in [1.82, 2.24) is 14.5 Å². The molecule has 0 aromatic carbocycles. The maximum atomic E-state index is 12.1. The van der Waals surface area contributed by atoms with Crippen LogP contribution in [0.4, 0.5) is 0 Å². The highest BCUT2D eigenvalue weighted by Gasteiger charge is 2.10. The predicted molar refractivity (Wildman–Crippen MR) is 74.2 cm³/mol. The molecule has 0 spiro atoms. The van der Waals surface area contributed by atoms with Crippen LogP contribution in [-0.2, 0) is 0 Å². The zero-order valence-corrected chi connectivity index (χ0v) is 11.8. The second kappa shape index (κ2) is 5.87. The van der Waals surface area contributed by atoms with Crippen LogP contribution in [0.2, 0.25) is 0 Å². The van der Waals surface area contributed by atoms with Gasteiger partial charge in [-0.25, -0.2) is 14.8 Å². The maximum Gasteiger partial charge on any atom is 0.337 e. The lowest BCUT2D eigenvalue weighted by Gasteiger charge is -2.09. The molecule has 0 amide bonds. The van der Waals surface area contributed by atoms with E-state index in [0.29, 0.717) is 10.1 Å². The zero-order chi connectivity index (χ0) is 14.7. The van der Waals surface area contributed by atoms with E-state index in [1.165, 1.54) is 12.3 Å². The van der Waals surface area contributed by atoms with Gasteiger partial charge in [-0.05, 0) is 37.7 Å². The molecule has 0 bridgehead atoms. The minimum atomic E-state index is -1.03. The third-order valence-electron chi connectivity index (χ3n) is 2.58. The summed E-state index contributed by atoms with van der Waals surface area (Å²) in [5, 5.41) is 9.64. The molecule has 2 heterocycles. The minimum Gasteiger partial charge on any atom is -0.478 e. The van der Waals surface area contributed by atoms with Crippen molar-refractivity contribution in [2.75, 3.05) is 0 Å². The molecule has 0 aliphatic rings. The van der Waals surface area contributed by atoms with Crippen LogP contribution in [0.5, 0.6) is 0 Å². The molecule has 0 saturated heterocycles. The molecule has 0 saturated carbocycles. The van der Waals surface area contributed by atoms with Crippen molar-refractivity contribution < 1.29 is 9.90 Å². The summed E-state index contributed by atoms with van der Waals surface area (Å²) in [6.45, 7) is 3.82. The lowest BCUT2D eigenvalue weighted by molar-refractivity contribution is 0.0696. The molecule has 0 radical (unpaired) electrons. The van der Waals surface area contributed by atoms with E-state index < -0.39 is 5.97 Å². The Bertz CT molecular complexity index is 680. The smallest absolute Gasteiger partial charge is 0.337 e. The summed E-state index contributed by atoms with van der Waals surface area (Å²) in [6, 6.07) is 3.05. The molecule has 0 fully saturated rings. The van der Waals surface area contributed by atoms with Crippen molar-refractivity contribution in [2.24, 2.45) is 0 Å². The Morgan fingerprint density at radius 3 is 2.65 bits per heavy atom. The van der Waals surface area contributed by atoms with Crippen LogP contribution in [-0.4, -0.2) is 25.6 Å². The number of carbonyl (C=O) groups is 1. The van der Waals surface area contributed by atoms with Crippen molar-refractivity contribution in [3.8, 4) is 0 Å². The Kier molecular flexibility index (Phi) is 4.19. The molecule has 2 rings (SSSR count). The van der Waals surface area contributed by atoms with Gasteiger partial charge >= 0.3 is 5.97 Å². The molecular weight excluding hydrogens is 278 g/mol. The zero-order valence-electron chi connectivity index (χ0n) is 11.0. The molecular formula is C13H13N3O3S. The van der Waals surface area contributed by atoms with E-state index in [4.69, 9.17) is 5.11 Å². The predicted octanol–water partition coefficient (Wildman–Crippen LogP) is 2.07. The van der Waals surface area contributed by atoms with Crippen molar-refractivity contribution in [2.45, 2.75) is 29.9 Å². The van der Waals surface area contributed by atoms with Crippen LogP contribution >= 0.6 is 11.8 Å². The lowest BCUT2D eigenvalue weighted by Crippen LogP contribution is -2.23. The van der Waals surface area contributed by atoms with Gasteiger partial charge in [-0.3, -0.25) is 4.79 Å². The van der Waals surface area contributed by atoms with E-state index in [-0.39, 0.29) is 17.2 Å². The standard InChI is InChI=1S/C13H13N3O3S/c1-8(2)16-6-5-14-11(12(16)17)20-10-4-3-9(7-15-10)13(18)19/h3-8H,1-2H3,(H,18,19). The Balaban J connectivity index is 2.28. The number of aromatic nitrogens is 3. The molecule has 0 unspecified atom stereocenters. The Labute approximate surface area is 119 Å². The molecule has 2 aromatic heterocycles. The molecule has 0 atom stereocenters. The molecule has 2 aromatic rings. The Morgan fingerprint density at radius 2 is 2.10 bits per heavy atom. The highest BCUT2D eigenvalue weighted by molar-refractivity contribution is 7.99. The van der Waals surface area contributed by atoms with Crippen molar-refractivity contribution in [3.63, 3.8) is 0 Å². The number of pyridine rings is 1. The van der Waals surface area contributed by atoms with E-state index in [0.717, 1.165) is 11.8 Å².